The number of rotatable bonds is 5. The molecule has 2 aromatic rings. The predicted octanol–water partition coefficient (Wildman–Crippen LogP) is 4.65. The number of aliphatic hydroxyl groups is 1. The van der Waals surface area contributed by atoms with E-state index in [1.807, 2.05) is 27.7 Å². The molecule has 0 saturated carbocycles. The second-order valence-corrected chi connectivity index (χ2v) is 8.42. The van der Waals surface area contributed by atoms with Gasteiger partial charge in [0, 0.05) is 5.92 Å². The van der Waals surface area contributed by atoms with Crippen molar-refractivity contribution in [1.29, 1.82) is 0 Å². The summed E-state index contributed by atoms with van der Waals surface area (Å²) >= 11 is 0. The lowest BCUT2D eigenvalue weighted by Gasteiger charge is -2.25. The zero-order valence-corrected chi connectivity index (χ0v) is 17.9. The molecule has 1 saturated heterocycles. The second-order valence-electron chi connectivity index (χ2n) is 8.42. The zero-order valence-electron chi connectivity index (χ0n) is 17.9. The summed E-state index contributed by atoms with van der Waals surface area (Å²) in [4.78, 5) is 17.3. The number of amides is 1. The first-order chi connectivity index (χ1) is 14.1. The standard InChI is InChI=1S/C23H28F2N2O3/c1-6-18(28)17-10-7-14(11-26-17)27-22(29)21-19(13(3)23(4,5)30-21)15-8-9-16(24)20(25)12(15)2/h7-11,13,18-19,21,28H,6H2,1-5H3,(H,27,29)/t13-,18-,19-,21+/m0/s1. The van der Waals surface area contributed by atoms with E-state index in [1.54, 1.807) is 12.1 Å². The normalized spacial score (nSPS) is 23.9. The molecule has 3 rings (SSSR count). The lowest BCUT2D eigenvalue weighted by atomic mass is 9.77. The topological polar surface area (TPSA) is 71.5 Å². The Kier molecular flexibility index (Phi) is 6.24. The maximum absolute atomic E-state index is 14.2. The SMILES string of the molecule is CC[C@H](O)c1ccc(NC(=O)[C@@H]2OC(C)(C)[C@@H](C)[C@H]2c2ccc(F)c(F)c2C)cn1. The smallest absolute Gasteiger partial charge is 0.254 e. The molecular weight excluding hydrogens is 390 g/mol. The highest BCUT2D eigenvalue weighted by molar-refractivity contribution is 5.95. The molecule has 2 heterocycles. The van der Waals surface area contributed by atoms with E-state index < -0.39 is 35.4 Å². The molecule has 30 heavy (non-hydrogen) atoms. The number of nitrogens with zero attached hydrogens (tertiary/aromatic N) is 1. The highest BCUT2D eigenvalue weighted by atomic mass is 19.2. The van der Waals surface area contributed by atoms with E-state index >= 15 is 0 Å². The summed E-state index contributed by atoms with van der Waals surface area (Å²) < 4.78 is 33.9. The molecule has 1 fully saturated rings. The fourth-order valence-corrected chi connectivity index (χ4v) is 3.98. The number of ether oxygens (including phenoxy) is 1. The Morgan fingerprint density at radius 2 is 2.00 bits per heavy atom. The van der Waals surface area contributed by atoms with Crippen molar-refractivity contribution < 1.29 is 23.4 Å². The van der Waals surface area contributed by atoms with Crippen molar-refractivity contribution in [3.8, 4) is 0 Å². The van der Waals surface area contributed by atoms with Gasteiger partial charge in [-0.05, 0) is 62.4 Å². The number of pyridine rings is 1. The minimum absolute atomic E-state index is 0.114. The van der Waals surface area contributed by atoms with Gasteiger partial charge in [0.25, 0.3) is 5.91 Å². The van der Waals surface area contributed by atoms with Gasteiger partial charge < -0.3 is 15.2 Å². The second kappa shape index (κ2) is 8.40. The largest absolute Gasteiger partial charge is 0.387 e. The molecule has 0 bridgehead atoms. The average Bonchev–Trinajstić information content (AvgIpc) is 2.96. The summed E-state index contributed by atoms with van der Waals surface area (Å²) in [6.45, 7) is 9.08. The molecule has 1 aliphatic rings. The number of carbonyl (C=O) groups is 1. The van der Waals surface area contributed by atoms with Crippen molar-refractivity contribution in [2.24, 2.45) is 5.92 Å². The quantitative estimate of drug-likeness (QED) is 0.742. The fraction of sp³-hybridized carbons (Fsp3) is 0.478. The van der Waals surface area contributed by atoms with Crippen LogP contribution in [0, 0.1) is 24.5 Å². The Balaban J connectivity index is 1.89. The van der Waals surface area contributed by atoms with E-state index in [0.29, 0.717) is 23.4 Å². The zero-order chi connectivity index (χ0) is 22.2. The Labute approximate surface area is 175 Å². The molecule has 0 aliphatic carbocycles. The van der Waals surface area contributed by atoms with Crippen molar-refractivity contribution in [2.45, 2.75) is 64.8 Å². The van der Waals surface area contributed by atoms with Crippen molar-refractivity contribution in [3.63, 3.8) is 0 Å². The number of nitrogens with one attached hydrogen (secondary N) is 1. The number of carbonyl (C=O) groups excluding carboxylic acids is 1. The predicted molar refractivity (Wildman–Crippen MR) is 110 cm³/mol. The summed E-state index contributed by atoms with van der Waals surface area (Å²) in [5.41, 5.74) is 1.11. The minimum Gasteiger partial charge on any atom is -0.387 e. The Bertz CT molecular complexity index is 931. The van der Waals surface area contributed by atoms with E-state index in [0.717, 1.165) is 6.07 Å². The van der Waals surface area contributed by atoms with Crippen LogP contribution in [0.2, 0.25) is 0 Å². The number of hydrogen-bond acceptors (Lipinski definition) is 4. The van der Waals surface area contributed by atoms with Gasteiger partial charge in [-0.25, -0.2) is 8.78 Å². The third-order valence-corrected chi connectivity index (χ3v) is 6.17. The molecule has 2 N–H and O–H groups in total. The first kappa shape index (κ1) is 22.3. The number of aliphatic hydroxyl groups excluding tert-OH is 1. The van der Waals surface area contributed by atoms with Crippen LogP contribution in [0.3, 0.4) is 0 Å². The Hall–Kier alpha value is -2.38. The number of benzene rings is 1. The molecular formula is C23H28F2N2O3. The maximum atomic E-state index is 14.2. The van der Waals surface area contributed by atoms with Gasteiger partial charge in [-0.15, -0.1) is 0 Å². The molecule has 0 radical (unpaired) electrons. The van der Waals surface area contributed by atoms with Crippen LogP contribution in [0.25, 0.3) is 0 Å². The number of anilines is 1. The number of hydrogen-bond donors (Lipinski definition) is 2. The van der Waals surface area contributed by atoms with Gasteiger partial charge in [0.15, 0.2) is 11.6 Å². The van der Waals surface area contributed by atoms with Crippen molar-refractivity contribution in [2.75, 3.05) is 5.32 Å². The highest BCUT2D eigenvalue weighted by Gasteiger charge is 2.51. The molecule has 0 unspecified atom stereocenters. The van der Waals surface area contributed by atoms with Crippen LogP contribution in [-0.2, 0) is 9.53 Å². The first-order valence-electron chi connectivity index (χ1n) is 10.1. The number of aromatic nitrogens is 1. The highest BCUT2D eigenvalue weighted by Crippen LogP contribution is 2.47. The van der Waals surface area contributed by atoms with Crippen LogP contribution >= 0.6 is 0 Å². The maximum Gasteiger partial charge on any atom is 0.254 e. The van der Waals surface area contributed by atoms with E-state index in [4.69, 9.17) is 4.74 Å². The van der Waals surface area contributed by atoms with Crippen LogP contribution in [-0.4, -0.2) is 27.7 Å². The van der Waals surface area contributed by atoms with Crippen LogP contribution in [0.5, 0.6) is 0 Å². The van der Waals surface area contributed by atoms with Gasteiger partial charge >= 0.3 is 0 Å². The van der Waals surface area contributed by atoms with Gasteiger partial charge in [0.1, 0.15) is 6.10 Å². The van der Waals surface area contributed by atoms with Crippen LogP contribution in [0.4, 0.5) is 14.5 Å². The summed E-state index contributed by atoms with van der Waals surface area (Å²) in [5, 5.41) is 12.7. The molecule has 162 valence electrons. The monoisotopic (exact) mass is 418 g/mol. The third kappa shape index (κ3) is 4.09. The summed E-state index contributed by atoms with van der Waals surface area (Å²) in [7, 11) is 0. The minimum atomic E-state index is -0.913. The van der Waals surface area contributed by atoms with Crippen LogP contribution < -0.4 is 5.32 Å². The molecule has 1 aliphatic heterocycles. The van der Waals surface area contributed by atoms with Crippen molar-refractivity contribution in [3.05, 3.63) is 58.9 Å². The molecule has 0 spiro atoms. The van der Waals surface area contributed by atoms with Gasteiger partial charge in [0.2, 0.25) is 0 Å². The van der Waals surface area contributed by atoms with E-state index in [2.05, 4.69) is 10.3 Å². The van der Waals surface area contributed by atoms with Crippen molar-refractivity contribution >= 4 is 11.6 Å². The average molecular weight is 418 g/mol. The van der Waals surface area contributed by atoms with Gasteiger partial charge in [-0.3, -0.25) is 9.78 Å². The van der Waals surface area contributed by atoms with Gasteiger partial charge in [0.05, 0.1) is 29.3 Å². The molecule has 1 aromatic heterocycles. The molecule has 7 heteroatoms. The summed E-state index contributed by atoms with van der Waals surface area (Å²) in [6.07, 6.45) is 0.486. The van der Waals surface area contributed by atoms with E-state index in [9.17, 15) is 18.7 Å². The molecule has 1 aromatic carbocycles. The summed E-state index contributed by atoms with van der Waals surface area (Å²) in [5.74, 6) is -2.75. The van der Waals surface area contributed by atoms with Gasteiger partial charge in [-0.1, -0.05) is 19.9 Å². The van der Waals surface area contributed by atoms with Crippen LogP contribution in [0.15, 0.2) is 30.5 Å². The summed E-state index contributed by atoms with van der Waals surface area (Å²) in [6, 6.07) is 5.94. The molecule has 5 nitrogen and oxygen atoms in total. The number of halogens is 2. The lowest BCUT2D eigenvalue weighted by molar-refractivity contribution is -0.131. The Morgan fingerprint density at radius 3 is 2.60 bits per heavy atom. The first-order valence-corrected chi connectivity index (χ1v) is 10.1. The van der Waals surface area contributed by atoms with Gasteiger partial charge in [-0.2, -0.15) is 0 Å². The third-order valence-electron chi connectivity index (χ3n) is 6.17. The molecule has 4 atom stereocenters. The van der Waals surface area contributed by atoms with Crippen LogP contribution in [0.1, 0.15) is 63.0 Å². The fourth-order valence-electron chi connectivity index (χ4n) is 3.98. The lowest BCUT2D eigenvalue weighted by Crippen LogP contribution is -2.33. The van der Waals surface area contributed by atoms with E-state index in [1.165, 1.54) is 19.2 Å². The van der Waals surface area contributed by atoms with E-state index in [-0.39, 0.29) is 17.4 Å². The molecule has 1 amide bonds. The van der Waals surface area contributed by atoms with Crippen molar-refractivity contribution in [1.82, 2.24) is 4.98 Å². The Morgan fingerprint density at radius 1 is 1.30 bits per heavy atom.